The second kappa shape index (κ2) is 2.35. The molecule has 3 heteroatoms. The normalized spacial score (nSPS) is 33.4. The van der Waals surface area contributed by atoms with E-state index in [1.165, 1.54) is 0 Å². The summed E-state index contributed by atoms with van der Waals surface area (Å²) in [6.45, 7) is 2.64. The van der Waals surface area contributed by atoms with Crippen molar-refractivity contribution in [2.45, 2.75) is 19.4 Å². The van der Waals surface area contributed by atoms with Crippen LogP contribution in [0.1, 0.15) is 13.3 Å². The van der Waals surface area contributed by atoms with Gasteiger partial charge in [0.1, 0.15) is 0 Å². The van der Waals surface area contributed by atoms with E-state index in [9.17, 15) is 4.79 Å². The predicted molar refractivity (Wildman–Crippen MR) is 33.2 cm³/mol. The first-order valence-corrected chi connectivity index (χ1v) is 3.22. The molecular formula is C6H11NO2. The van der Waals surface area contributed by atoms with Gasteiger partial charge < -0.3 is 10.4 Å². The van der Waals surface area contributed by atoms with Crippen molar-refractivity contribution in [3.05, 3.63) is 0 Å². The Morgan fingerprint density at radius 1 is 1.89 bits per heavy atom. The molecule has 2 unspecified atom stereocenters. The van der Waals surface area contributed by atoms with E-state index in [1.54, 1.807) is 0 Å². The Morgan fingerprint density at radius 2 is 2.56 bits per heavy atom. The Bertz CT molecular complexity index is 122. The van der Waals surface area contributed by atoms with Crippen molar-refractivity contribution in [2.75, 3.05) is 6.54 Å². The smallest absolute Gasteiger partial charge is 0.309 e. The zero-order valence-electron chi connectivity index (χ0n) is 5.42. The molecule has 0 aromatic carbocycles. The average Bonchev–Trinajstić information content (AvgIpc) is 1.61. The first-order chi connectivity index (χ1) is 4.25. The molecule has 0 amide bonds. The lowest BCUT2D eigenvalue weighted by molar-refractivity contribution is -0.145. The minimum atomic E-state index is -0.666. The number of carbonyl (C=O) groups is 1. The molecule has 2 atom stereocenters. The zero-order chi connectivity index (χ0) is 6.85. The average molecular weight is 129 g/mol. The lowest BCUT2D eigenvalue weighted by Crippen LogP contribution is -2.55. The van der Waals surface area contributed by atoms with Crippen LogP contribution in [0, 0.1) is 5.92 Å². The van der Waals surface area contributed by atoms with Gasteiger partial charge in [0.15, 0.2) is 0 Å². The summed E-state index contributed by atoms with van der Waals surface area (Å²) in [7, 11) is 0. The molecule has 1 saturated heterocycles. The highest BCUT2D eigenvalue weighted by molar-refractivity contribution is 5.72. The molecular weight excluding hydrogens is 118 g/mol. The number of aliphatic carboxylic acids is 1. The minimum absolute atomic E-state index is 0.130. The molecule has 0 radical (unpaired) electrons. The lowest BCUT2D eigenvalue weighted by atomic mass is 9.90. The van der Waals surface area contributed by atoms with Crippen LogP contribution in [0.5, 0.6) is 0 Å². The Morgan fingerprint density at radius 3 is 2.67 bits per heavy atom. The summed E-state index contributed by atoms with van der Waals surface area (Å²) < 4.78 is 0. The molecule has 1 aliphatic heterocycles. The van der Waals surface area contributed by atoms with Crippen molar-refractivity contribution in [3.63, 3.8) is 0 Å². The van der Waals surface area contributed by atoms with E-state index < -0.39 is 5.97 Å². The molecule has 0 spiro atoms. The van der Waals surface area contributed by atoms with Gasteiger partial charge in [-0.05, 0) is 6.42 Å². The third-order valence-electron chi connectivity index (χ3n) is 1.84. The van der Waals surface area contributed by atoms with Crippen LogP contribution < -0.4 is 5.32 Å². The fourth-order valence-corrected chi connectivity index (χ4v) is 1.09. The number of carboxylic acid groups (broad SMARTS) is 1. The summed E-state index contributed by atoms with van der Waals surface area (Å²) in [5.41, 5.74) is 0. The molecule has 1 aliphatic rings. The van der Waals surface area contributed by atoms with Crippen LogP contribution in [0.15, 0.2) is 0 Å². The van der Waals surface area contributed by atoms with Crippen molar-refractivity contribution in [2.24, 2.45) is 5.92 Å². The quantitative estimate of drug-likeness (QED) is 0.554. The summed E-state index contributed by atoms with van der Waals surface area (Å²) in [6.07, 6.45) is 0.914. The van der Waals surface area contributed by atoms with Gasteiger partial charge in [0.05, 0.1) is 5.92 Å². The third kappa shape index (κ3) is 1.05. The maximum absolute atomic E-state index is 10.3. The van der Waals surface area contributed by atoms with E-state index in [0.29, 0.717) is 6.54 Å². The first-order valence-electron chi connectivity index (χ1n) is 3.22. The molecule has 0 aliphatic carbocycles. The Kier molecular flexibility index (Phi) is 1.71. The number of rotatable bonds is 2. The maximum atomic E-state index is 10.3. The Hall–Kier alpha value is -0.570. The fourth-order valence-electron chi connectivity index (χ4n) is 1.09. The van der Waals surface area contributed by atoms with E-state index in [4.69, 9.17) is 5.11 Å². The largest absolute Gasteiger partial charge is 0.481 e. The van der Waals surface area contributed by atoms with Crippen molar-refractivity contribution < 1.29 is 9.90 Å². The Labute approximate surface area is 54.1 Å². The number of nitrogens with one attached hydrogen (secondary N) is 1. The van der Waals surface area contributed by atoms with Gasteiger partial charge in [-0.15, -0.1) is 0 Å². The van der Waals surface area contributed by atoms with Gasteiger partial charge in [0.25, 0.3) is 0 Å². The molecule has 3 nitrogen and oxygen atoms in total. The molecule has 1 fully saturated rings. The van der Waals surface area contributed by atoms with Gasteiger partial charge in [0, 0.05) is 12.6 Å². The molecule has 1 rings (SSSR count). The molecule has 1 heterocycles. The highest BCUT2D eigenvalue weighted by Crippen LogP contribution is 2.15. The summed E-state index contributed by atoms with van der Waals surface area (Å²) in [5.74, 6) is -0.796. The van der Waals surface area contributed by atoms with Gasteiger partial charge in [-0.3, -0.25) is 4.79 Å². The number of hydrogen-bond acceptors (Lipinski definition) is 2. The third-order valence-corrected chi connectivity index (χ3v) is 1.84. The molecule has 52 valence electrons. The highest BCUT2D eigenvalue weighted by atomic mass is 16.4. The number of carboxylic acids is 1. The van der Waals surface area contributed by atoms with Gasteiger partial charge in [-0.2, -0.15) is 0 Å². The number of hydrogen-bond donors (Lipinski definition) is 2. The van der Waals surface area contributed by atoms with Crippen molar-refractivity contribution >= 4 is 5.97 Å². The lowest BCUT2D eigenvalue weighted by Gasteiger charge is -2.33. The zero-order valence-corrected chi connectivity index (χ0v) is 5.42. The molecule has 0 aromatic heterocycles. The van der Waals surface area contributed by atoms with Crippen molar-refractivity contribution in [1.29, 1.82) is 0 Å². The topological polar surface area (TPSA) is 49.3 Å². The predicted octanol–water partition coefficient (Wildman–Crippen LogP) is 0.0690. The van der Waals surface area contributed by atoms with Crippen LogP contribution in [0.4, 0.5) is 0 Å². The second-order valence-corrected chi connectivity index (χ2v) is 2.37. The van der Waals surface area contributed by atoms with E-state index >= 15 is 0 Å². The van der Waals surface area contributed by atoms with E-state index in [2.05, 4.69) is 5.32 Å². The molecule has 9 heavy (non-hydrogen) atoms. The maximum Gasteiger partial charge on any atom is 0.309 e. The van der Waals surface area contributed by atoms with Crippen LogP contribution in [-0.2, 0) is 4.79 Å². The summed E-state index contributed by atoms with van der Waals surface area (Å²) in [5, 5.41) is 11.5. The van der Waals surface area contributed by atoms with Gasteiger partial charge in [-0.1, -0.05) is 6.92 Å². The molecule has 0 aromatic rings. The summed E-state index contributed by atoms with van der Waals surface area (Å²) >= 11 is 0. The Balaban J connectivity index is 2.35. The fraction of sp³-hybridized carbons (Fsp3) is 0.833. The second-order valence-electron chi connectivity index (χ2n) is 2.37. The van der Waals surface area contributed by atoms with E-state index in [0.717, 1.165) is 6.42 Å². The van der Waals surface area contributed by atoms with Crippen LogP contribution >= 0.6 is 0 Å². The van der Waals surface area contributed by atoms with E-state index in [1.807, 2.05) is 6.92 Å². The van der Waals surface area contributed by atoms with Crippen molar-refractivity contribution in [1.82, 2.24) is 5.32 Å². The van der Waals surface area contributed by atoms with Crippen LogP contribution in [0.3, 0.4) is 0 Å². The van der Waals surface area contributed by atoms with E-state index in [-0.39, 0.29) is 12.0 Å². The molecule has 0 bridgehead atoms. The monoisotopic (exact) mass is 129 g/mol. The first kappa shape index (κ1) is 6.55. The summed E-state index contributed by atoms with van der Waals surface area (Å²) in [4.78, 5) is 10.3. The SMILES string of the molecule is CCC1NCC1C(=O)O. The summed E-state index contributed by atoms with van der Waals surface area (Å²) in [6, 6.07) is 0.225. The van der Waals surface area contributed by atoms with Gasteiger partial charge in [-0.25, -0.2) is 0 Å². The minimum Gasteiger partial charge on any atom is -0.481 e. The highest BCUT2D eigenvalue weighted by Gasteiger charge is 2.34. The van der Waals surface area contributed by atoms with Gasteiger partial charge >= 0.3 is 5.97 Å². The molecule has 0 saturated carbocycles. The van der Waals surface area contributed by atoms with Crippen LogP contribution in [0.2, 0.25) is 0 Å². The van der Waals surface area contributed by atoms with Gasteiger partial charge in [0.2, 0.25) is 0 Å². The molecule has 2 N–H and O–H groups in total. The van der Waals surface area contributed by atoms with Crippen LogP contribution in [0.25, 0.3) is 0 Å². The van der Waals surface area contributed by atoms with Crippen LogP contribution in [-0.4, -0.2) is 23.7 Å². The van der Waals surface area contributed by atoms with Crippen molar-refractivity contribution in [3.8, 4) is 0 Å². The standard InChI is InChI=1S/C6H11NO2/c1-2-5-4(3-7-5)6(8)9/h4-5,7H,2-3H2,1H3,(H,8,9).